The third kappa shape index (κ3) is 4.60. The number of carbonyl (C=O) groups is 2. The van der Waals surface area contributed by atoms with E-state index in [0.717, 1.165) is 17.4 Å². The highest BCUT2D eigenvalue weighted by Crippen LogP contribution is 2.30. The molecule has 3 N–H and O–H groups in total. The largest absolute Gasteiger partial charge is 0.576 e. The van der Waals surface area contributed by atoms with Gasteiger partial charge in [-0.25, -0.2) is 9.59 Å². The van der Waals surface area contributed by atoms with E-state index in [-0.39, 0.29) is 23.6 Å². The van der Waals surface area contributed by atoms with Crippen molar-refractivity contribution < 1.29 is 39.2 Å². The molecule has 0 aliphatic rings. The van der Waals surface area contributed by atoms with Crippen LogP contribution in [-0.2, 0) is 4.79 Å². The highest BCUT2D eigenvalue weighted by Gasteiger charge is 2.22. The van der Waals surface area contributed by atoms with Crippen LogP contribution in [0.4, 0.5) is 9.59 Å². The standard InChI is InChI=1S/C12H11NO8/c1-13(11(16)17)5-8(15)7-2-3-9(20-6-14)10(4-7)21-12(18)19/h2-4,8,15H,5H2,1H3,(H-,16,17,18,19)/p+1. The van der Waals surface area contributed by atoms with Crippen molar-refractivity contribution in [3.8, 4) is 11.5 Å². The summed E-state index contributed by atoms with van der Waals surface area (Å²) >= 11 is 0. The minimum absolute atomic E-state index is 0.192. The fourth-order valence-corrected chi connectivity index (χ4v) is 1.48. The maximum absolute atomic E-state index is 10.7. The molecule has 0 bridgehead atoms. The van der Waals surface area contributed by atoms with Crippen LogP contribution < -0.4 is 9.47 Å². The minimum Gasteiger partial charge on any atom is -0.465 e. The maximum atomic E-state index is 10.7. The smallest absolute Gasteiger partial charge is 0.465 e. The van der Waals surface area contributed by atoms with Gasteiger partial charge >= 0.3 is 24.5 Å². The number of carboxylic acid groups (broad SMARTS) is 2. The molecule has 9 nitrogen and oxygen atoms in total. The number of benzene rings is 1. The Morgan fingerprint density at radius 3 is 2.52 bits per heavy atom. The van der Waals surface area contributed by atoms with Gasteiger partial charge in [0.15, 0.2) is 0 Å². The highest BCUT2D eigenvalue weighted by molar-refractivity contribution is 5.65. The molecule has 0 aliphatic carbocycles. The zero-order chi connectivity index (χ0) is 16.0. The van der Waals surface area contributed by atoms with Crippen LogP contribution >= 0.6 is 0 Å². The number of carbonyl (C=O) groups excluding carboxylic acids is 1. The number of ether oxygens (including phenoxy) is 2. The Morgan fingerprint density at radius 2 is 2.00 bits per heavy atom. The monoisotopic (exact) mass is 298 g/mol. The van der Waals surface area contributed by atoms with Crippen molar-refractivity contribution in [1.29, 1.82) is 0 Å². The van der Waals surface area contributed by atoms with Crippen LogP contribution in [0.2, 0.25) is 0 Å². The Balaban J connectivity index is 3.00. The van der Waals surface area contributed by atoms with E-state index in [1.807, 2.05) is 0 Å². The lowest BCUT2D eigenvalue weighted by Gasteiger charge is -2.18. The lowest BCUT2D eigenvalue weighted by atomic mass is 10.1. The second kappa shape index (κ2) is 7.04. The van der Waals surface area contributed by atoms with Gasteiger partial charge in [0, 0.05) is 13.1 Å². The van der Waals surface area contributed by atoms with Crippen LogP contribution in [0, 0.1) is 0 Å². The summed E-state index contributed by atoms with van der Waals surface area (Å²) in [4.78, 5) is 32.2. The van der Waals surface area contributed by atoms with Gasteiger partial charge in [-0.3, -0.25) is 0 Å². The molecule has 0 fully saturated rings. The second-order valence-corrected chi connectivity index (χ2v) is 3.94. The van der Waals surface area contributed by atoms with Crippen molar-refractivity contribution in [2.24, 2.45) is 0 Å². The van der Waals surface area contributed by atoms with Gasteiger partial charge in [0.05, 0.1) is 18.7 Å². The molecule has 1 atom stereocenters. The zero-order valence-corrected chi connectivity index (χ0v) is 10.8. The molecular weight excluding hydrogens is 286 g/mol. The topological polar surface area (TPSA) is 134 Å². The number of likely N-dealkylation sites (N-methyl/N-ethyl adjacent to an activating group) is 1. The molecule has 1 aromatic rings. The minimum atomic E-state index is -1.64. The fraction of sp³-hybridized carbons (Fsp3) is 0.250. The first-order chi connectivity index (χ1) is 9.85. The highest BCUT2D eigenvalue weighted by atomic mass is 16.7. The average molecular weight is 298 g/mol. The van der Waals surface area contributed by atoms with E-state index in [2.05, 4.69) is 9.47 Å². The SMILES string of the molecule is CN(CC(O)c1ccc(O[C+]=O)c(OC(=O)O)c1)C(=O)O. The number of aliphatic hydroxyl groups is 1. The van der Waals surface area contributed by atoms with Crippen molar-refractivity contribution >= 4 is 18.7 Å². The third-order valence-electron chi connectivity index (χ3n) is 2.47. The molecule has 0 radical (unpaired) electrons. The summed E-state index contributed by atoms with van der Waals surface area (Å²) in [5, 5.41) is 27.2. The molecule has 112 valence electrons. The molecule has 0 aromatic heterocycles. The maximum Gasteiger partial charge on any atom is 0.576 e. The van der Waals surface area contributed by atoms with Gasteiger partial charge < -0.3 is 25.0 Å². The first-order valence-electron chi connectivity index (χ1n) is 5.56. The molecule has 0 aliphatic heterocycles. The summed E-state index contributed by atoms with van der Waals surface area (Å²) in [7, 11) is 1.26. The fourth-order valence-electron chi connectivity index (χ4n) is 1.48. The molecule has 1 amide bonds. The van der Waals surface area contributed by atoms with E-state index >= 15 is 0 Å². The number of aliphatic hydroxyl groups excluding tert-OH is 1. The van der Waals surface area contributed by atoms with E-state index in [1.165, 1.54) is 19.2 Å². The summed E-state index contributed by atoms with van der Waals surface area (Å²) < 4.78 is 8.82. The van der Waals surface area contributed by atoms with Crippen molar-refractivity contribution in [3.63, 3.8) is 0 Å². The van der Waals surface area contributed by atoms with E-state index in [0.29, 0.717) is 0 Å². The average Bonchev–Trinajstić information content (AvgIpc) is 2.40. The van der Waals surface area contributed by atoms with Gasteiger partial charge in [-0.2, -0.15) is 4.74 Å². The number of amides is 1. The lowest BCUT2D eigenvalue weighted by molar-refractivity contribution is 0.108. The van der Waals surface area contributed by atoms with Gasteiger partial charge in [-0.15, -0.1) is 0 Å². The third-order valence-corrected chi connectivity index (χ3v) is 2.47. The van der Waals surface area contributed by atoms with Crippen molar-refractivity contribution in [2.75, 3.05) is 13.6 Å². The van der Waals surface area contributed by atoms with Crippen molar-refractivity contribution in [3.05, 3.63) is 23.8 Å². The van der Waals surface area contributed by atoms with Crippen LogP contribution in [0.1, 0.15) is 11.7 Å². The van der Waals surface area contributed by atoms with Crippen LogP contribution in [0.15, 0.2) is 18.2 Å². The predicted molar refractivity (Wildman–Crippen MR) is 67.0 cm³/mol. The number of hydrogen-bond donors (Lipinski definition) is 3. The van der Waals surface area contributed by atoms with E-state index in [1.54, 1.807) is 0 Å². The Bertz CT molecular complexity index is 544. The zero-order valence-electron chi connectivity index (χ0n) is 10.8. The van der Waals surface area contributed by atoms with E-state index in [4.69, 9.17) is 10.2 Å². The summed E-state index contributed by atoms with van der Waals surface area (Å²) in [6.07, 6.45) is -4.08. The van der Waals surface area contributed by atoms with Gasteiger partial charge in [-0.1, -0.05) is 4.79 Å². The normalized spacial score (nSPS) is 11.1. The quantitative estimate of drug-likeness (QED) is 0.399. The van der Waals surface area contributed by atoms with Crippen LogP contribution in [0.5, 0.6) is 11.5 Å². The Hall–Kier alpha value is -2.90. The Kier molecular flexibility index (Phi) is 5.41. The molecule has 1 rings (SSSR count). The summed E-state index contributed by atoms with van der Waals surface area (Å²) in [6.45, 7) is 0.888. The molecule has 1 unspecified atom stereocenters. The van der Waals surface area contributed by atoms with Gasteiger partial charge in [-0.05, 0) is 11.6 Å². The molecule has 0 spiro atoms. The second-order valence-electron chi connectivity index (χ2n) is 3.94. The van der Waals surface area contributed by atoms with E-state index in [9.17, 15) is 19.5 Å². The molecule has 0 heterocycles. The number of hydrogen-bond acceptors (Lipinski definition) is 6. The van der Waals surface area contributed by atoms with Crippen molar-refractivity contribution in [2.45, 2.75) is 6.10 Å². The Labute approximate surface area is 118 Å². The van der Waals surface area contributed by atoms with Crippen LogP contribution in [0.3, 0.4) is 0 Å². The Morgan fingerprint density at radius 1 is 1.33 bits per heavy atom. The number of rotatable bonds is 6. The first kappa shape index (κ1) is 16.2. The van der Waals surface area contributed by atoms with Gasteiger partial charge in [0.25, 0.3) is 5.75 Å². The van der Waals surface area contributed by atoms with Gasteiger partial charge in [0.1, 0.15) is 0 Å². The molecule has 21 heavy (non-hydrogen) atoms. The first-order valence-corrected chi connectivity index (χ1v) is 5.56. The predicted octanol–water partition coefficient (Wildman–Crippen LogP) is 0.833. The van der Waals surface area contributed by atoms with Gasteiger partial charge in [0.2, 0.25) is 0 Å². The summed E-state index contributed by atoms with van der Waals surface area (Å²) in [5.41, 5.74) is 0.192. The molecule has 9 heteroatoms. The summed E-state index contributed by atoms with van der Waals surface area (Å²) in [6, 6.07) is 3.66. The molecule has 0 saturated heterocycles. The number of nitrogens with zero attached hydrogens (tertiary/aromatic N) is 1. The molecule has 1 aromatic carbocycles. The van der Waals surface area contributed by atoms with Crippen LogP contribution in [0.25, 0.3) is 0 Å². The van der Waals surface area contributed by atoms with E-state index < -0.39 is 18.4 Å². The molecule has 0 saturated carbocycles. The lowest BCUT2D eigenvalue weighted by Crippen LogP contribution is -2.29. The summed E-state index contributed by atoms with van der Waals surface area (Å²) in [5.74, 6) is -0.518. The van der Waals surface area contributed by atoms with Crippen LogP contribution in [-0.4, -0.2) is 52.5 Å². The molecular formula is C12H12NO8+. The van der Waals surface area contributed by atoms with Crippen molar-refractivity contribution in [1.82, 2.24) is 4.90 Å².